The van der Waals surface area contributed by atoms with Gasteiger partial charge in [-0.05, 0) is 57.7 Å². The minimum atomic E-state index is -0.233. The Bertz CT molecular complexity index is 1120. The number of rotatable bonds is 4. The number of hydrogen-bond donors (Lipinski definition) is 0. The predicted molar refractivity (Wildman–Crippen MR) is 107 cm³/mol. The van der Waals surface area contributed by atoms with Crippen LogP contribution in [-0.4, -0.2) is 4.98 Å². The molecule has 4 aromatic rings. The van der Waals surface area contributed by atoms with Crippen molar-refractivity contribution in [1.29, 1.82) is 0 Å². The van der Waals surface area contributed by atoms with E-state index in [4.69, 9.17) is 4.42 Å². The van der Waals surface area contributed by atoms with Crippen LogP contribution < -0.4 is 21.5 Å². The molecule has 0 N–H and O–H groups in total. The van der Waals surface area contributed by atoms with Crippen LogP contribution in [0.3, 0.4) is 0 Å². The molecule has 0 aliphatic rings. The van der Waals surface area contributed by atoms with Gasteiger partial charge in [0.05, 0.1) is 4.47 Å². The number of pyridine rings is 1. The lowest BCUT2D eigenvalue weighted by Crippen LogP contribution is -3.00. The van der Waals surface area contributed by atoms with Gasteiger partial charge in [0.25, 0.3) is 0 Å². The maximum absolute atomic E-state index is 13.5. The van der Waals surface area contributed by atoms with Crippen molar-refractivity contribution in [2.75, 3.05) is 0 Å². The summed E-state index contributed by atoms with van der Waals surface area (Å²) in [7, 11) is 0. The van der Waals surface area contributed by atoms with Crippen molar-refractivity contribution in [3.8, 4) is 11.5 Å². The van der Waals surface area contributed by atoms with Gasteiger partial charge in [0.1, 0.15) is 16.9 Å². The van der Waals surface area contributed by atoms with E-state index in [1.807, 2.05) is 35.2 Å². The molecule has 0 unspecified atom stereocenters. The van der Waals surface area contributed by atoms with Gasteiger partial charge >= 0.3 is 0 Å². The van der Waals surface area contributed by atoms with E-state index in [2.05, 4.69) is 46.9 Å². The highest BCUT2D eigenvalue weighted by atomic mass is 79.9. The lowest BCUT2D eigenvalue weighted by molar-refractivity contribution is -0.688. The van der Waals surface area contributed by atoms with Crippen molar-refractivity contribution in [2.45, 2.75) is 26.3 Å². The summed E-state index contributed by atoms with van der Waals surface area (Å²) >= 11 is 3.55. The normalized spacial score (nSPS) is 11.0. The first kappa shape index (κ1) is 20.7. The molecule has 0 saturated carbocycles. The molecule has 0 aliphatic carbocycles. The average molecular weight is 506 g/mol. The summed E-state index contributed by atoms with van der Waals surface area (Å²) in [6.45, 7) is 4.87. The summed E-state index contributed by atoms with van der Waals surface area (Å²) in [6, 6.07) is 14.7. The van der Waals surface area contributed by atoms with E-state index in [9.17, 15) is 4.39 Å². The van der Waals surface area contributed by atoms with E-state index in [1.54, 1.807) is 12.1 Å². The van der Waals surface area contributed by atoms with Gasteiger partial charge in [0.2, 0.25) is 5.89 Å². The Kier molecular flexibility index (Phi) is 6.30. The number of hydrogen-bond acceptors (Lipinski definition) is 2. The maximum Gasteiger partial charge on any atom is 0.233 e. The lowest BCUT2D eigenvalue weighted by Gasteiger charge is -2.02. The quantitative estimate of drug-likeness (QED) is 0.399. The molecular formula is C22H19Br2FN2O. The molecule has 0 fully saturated rings. The monoisotopic (exact) mass is 504 g/mol. The maximum atomic E-state index is 13.5. The second-order valence-corrected chi connectivity index (χ2v) is 7.86. The Balaban J connectivity index is 0.00000225. The summed E-state index contributed by atoms with van der Waals surface area (Å²) < 4.78 is 22.3. The van der Waals surface area contributed by atoms with Gasteiger partial charge in [-0.3, -0.25) is 0 Å². The molecular weight excluding hydrogens is 487 g/mol. The number of aromatic nitrogens is 2. The van der Waals surface area contributed by atoms with Gasteiger partial charge in [-0.15, -0.1) is 0 Å². The predicted octanol–water partition coefficient (Wildman–Crippen LogP) is 2.86. The van der Waals surface area contributed by atoms with Crippen LogP contribution in [0, 0.1) is 5.82 Å². The van der Waals surface area contributed by atoms with Crippen molar-refractivity contribution < 1.29 is 30.4 Å². The summed E-state index contributed by atoms with van der Waals surface area (Å²) in [5.41, 5.74) is 4.61. The van der Waals surface area contributed by atoms with Gasteiger partial charge in [-0.25, -0.2) is 9.37 Å². The molecule has 6 heteroatoms. The number of benzene rings is 2. The van der Waals surface area contributed by atoms with E-state index < -0.39 is 0 Å². The Labute approximate surface area is 182 Å². The molecule has 0 radical (unpaired) electrons. The summed E-state index contributed by atoms with van der Waals surface area (Å²) in [5, 5.41) is 0. The Morgan fingerprint density at radius 3 is 2.68 bits per heavy atom. The Hall–Kier alpha value is -2.05. The molecule has 2 aromatic heterocycles. The first-order valence-corrected chi connectivity index (χ1v) is 9.62. The van der Waals surface area contributed by atoms with Crippen molar-refractivity contribution in [2.24, 2.45) is 0 Å². The second-order valence-electron chi connectivity index (χ2n) is 6.95. The van der Waals surface area contributed by atoms with E-state index in [0.29, 0.717) is 18.4 Å². The molecule has 28 heavy (non-hydrogen) atoms. The lowest BCUT2D eigenvalue weighted by atomic mass is 10.0. The number of fused-ring (bicyclic) bond motifs is 1. The average Bonchev–Trinajstić information content (AvgIpc) is 3.04. The zero-order valence-electron chi connectivity index (χ0n) is 15.5. The van der Waals surface area contributed by atoms with Crippen LogP contribution in [-0.2, 0) is 6.54 Å². The van der Waals surface area contributed by atoms with Gasteiger partial charge in [0.15, 0.2) is 24.5 Å². The number of nitrogens with zero attached hydrogens (tertiary/aromatic N) is 2. The number of oxazole rings is 1. The van der Waals surface area contributed by atoms with Crippen LogP contribution in [0.15, 0.2) is 69.8 Å². The van der Waals surface area contributed by atoms with Gasteiger partial charge in [-0.1, -0.05) is 32.0 Å². The topological polar surface area (TPSA) is 29.9 Å². The fourth-order valence-electron chi connectivity index (χ4n) is 3.08. The third kappa shape index (κ3) is 4.50. The minimum Gasteiger partial charge on any atom is -1.00 e. The van der Waals surface area contributed by atoms with Crippen LogP contribution in [0.25, 0.3) is 22.6 Å². The SMILES string of the molecule is CC(C)c1ccc2oc(-c3cc(Br)c[n+](Cc4cccc(F)c4)c3)nc2c1.[Br-]. The summed E-state index contributed by atoms with van der Waals surface area (Å²) in [5.74, 6) is 0.775. The van der Waals surface area contributed by atoms with Crippen molar-refractivity contribution in [3.05, 3.63) is 82.3 Å². The number of halogens is 3. The highest BCUT2D eigenvalue weighted by molar-refractivity contribution is 9.10. The van der Waals surface area contributed by atoms with Crippen LogP contribution in [0.2, 0.25) is 0 Å². The zero-order valence-corrected chi connectivity index (χ0v) is 18.7. The van der Waals surface area contributed by atoms with Gasteiger partial charge in [-0.2, -0.15) is 4.57 Å². The molecule has 2 heterocycles. The second kappa shape index (κ2) is 8.53. The van der Waals surface area contributed by atoms with E-state index >= 15 is 0 Å². The fourth-order valence-corrected chi connectivity index (χ4v) is 3.59. The molecule has 0 spiro atoms. The van der Waals surface area contributed by atoms with Crippen LogP contribution in [0.4, 0.5) is 4.39 Å². The largest absolute Gasteiger partial charge is 1.00 e. The van der Waals surface area contributed by atoms with E-state index in [0.717, 1.165) is 26.7 Å². The van der Waals surface area contributed by atoms with E-state index in [-0.39, 0.29) is 22.8 Å². The molecule has 0 amide bonds. The van der Waals surface area contributed by atoms with Crippen LogP contribution in [0.5, 0.6) is 0 Å². The van der Waals surface area contributed by atoms with E-state index in [1.165, 1.54) is 11.6 Å². The molecule has 0 saturated heterocycles. The molecule has 0 bridgehead atoms. The minimum absolute atomic E-state index is 0. The molecule has 2 aromatic carbocycles. The molecule has 144 valence electrons. The van der Waals surface area contributed by atoms with Gasteiger partial charge < -0.3 is 21.4 Å². The first-order valence-electron chi connectivity index (χ1n) is 8.83. The Morgan fingerprint density at radius 2 is 1.93 bits per heavy atom. The Morgan fingerprint density at radius 1 is 1.11 bits per heavy atom. The standard InChI is InChI=1S/C22H19BrFN2O.BrH/c1-14(2)16-6-7-21-20(10-16)25-22(27-21)17-9-18(23)13-26(12-17)11-15-4-3-5-19(24)8-15;/h3-10,12-14H,11H2,1-2H3;1H/q+1;/p-1. The molecule has 0 atom stereocenters. The third-order valence-corrected chi connectivity index (χ3v) is 4.90. The highest BCUT2D eigenvalue weighted by Crippen LogP contribution is 2.27. The van der Waals surface area contributed by atoms with Crippen molar-refractivity contribution in [3.63, 3.8) is 0 Å². The zero-order chi connectivity index (χ0) is 19.0. The molecule has 4 rings (SSSR count). The van der Waals surface area contributed by atoms with Crippen molar-refractivity contribution >= 4 is 27.0 Å². The third-order valence-electron chi connectivity index (χ3n) is 4.47. The van der Waals surface area contributed by atoms with Crippen molar-refractivity contribution in [1.82, 2.24) is 4.98 Å². The summed E-state index contributed by atoms with van der Waals surface area (Å²) in [4.78, 5) is 4.67. The molecule has 0 aliphatic heterocycles. The first-order chi connectivity index (χ1) is 13.0. The highest BCUT2D eigenvalue weighted by Gasteiger charge is 2.15. The summed E-state index contributed by atoms with van der Waals surface area (Å²) in [6.07, 6.45) is 3.91. The van der Waals surface area contributed by atoms with Crippen LogP contribution in [0.1, 0.15) is 30.9 Å². The van der Waals surface area contributed by atoms with Crippen LogP contribution >= 0.6 is 15.9 Å². The smallest absolute Gasteiger partial charge is 0.233 e. The fraction of sp³-hybridized carbons (Fsp3) is 0.182. The van der Waals surface area contributed by atoms with Gasteiger partial charge in [0, 0.05) is 5.56 Å². The molecule has 3 nitrogen and oxygen atoms in total.